The number of alkyl halides is 3. The number of carbonyl (C=O) groups is 1. The summed E-state index contributed by atoms with van der Waals surface area (Å²) >= 11 is 0. The van der Waals surface area contributed by atoms with Crippen LogP contribution in [-0.2, 0) is 20.4 Å². The average Bonchev–Trinajstić information content (AvgIpc) is 3.11. The minimum Gasteiger partial charge on any atom is -0.491 e. The van der Waals surface area contributed by atoms with Crippen molar-refractivity contribution in [1.29, 1.82) is 0 Å². The van der Waals surface area contributed by atoms with Crippen LogP contribution in [0.3, 0.4) is 0 Å². The van der Waals surface area contributed by atoms with Crippen molar-refractivity contribution in [3.63, 3.8) is 0 Å². The quantitative estimate of drug-likeness (QED) is 0.258. The molecule has 1 aliphatic heterocycles. The van der Waals surface area contributed by atoms with E-state index in [0.29, 0.717) is 25.7 Å². The number of halogens is 3. The van der Waals surface area contributed by atoms with E-state index in [1.807, 2.05) is 12.2 Å². The molecule has 0 spiro atoms. The molecule has 9 heteroatoms. The molecule has 0 unspecified atom stereocenters. The number of rotatable bonds is 12. The van der Waals surface area contributed by atoms with Crippen molar-refractivity contribution in [2.24, 2.45) is 5.92 Å². The summed E-state index contributed by atoms with van der Waals surface area (Å²) in [5, 5.41) is 20.3. The van der Waals surface area contributed by atoms with Crippen LogP contribution in [0.2, 0.25) is 0 Å². The van der Waals surface area contributed by atoms with Crippen molar-refractivity contribution in [3.05, 3.63) is 54.1 Å². The van der Waals surface area contributed by atoms with Crippen LogP contribution >= 0.6 is 0 Å². The third-order valence-electron chi connectivity index (χ3n) is 5.17. The van der Waals surface area contributed by atoms with Gasteiger partial charge in [-0.25, -0.2) is 0 Å². The van der Waals surface area contributed by atoms with E-state index in [4.69, 9.17) is 14.2 Å². The number of unbranched alkanes of at least 4 members (excludes halogenated alkanes) is 1. The lowest BCUT2D eigenvalue weighted by Crippen LogP contribution is -2.23. The SMILES string of the molecule is CC(C)OC(=O)CCC/C=C\C[C@H]1[C@@H](O)CO[C@@H]1/C=C/[C@H](O)COc1cccc(C(F)(F)F)c1. The van der Waals surface area contributed by atoms with Gasteiger partial charge in [-0.2, -0.15) is 13.2 Å². The van der Waals surface area contributed by atoms with Crippen LogP contribution in [0.5, 0.6) is 5.75 Å². The van der Waals surface area contributed by atoms with Crippen molar-refractivity contribution in [1.82, 2.24) is 0 Å². The fourth-order valence-electron chi connectivity index (χ4n) is 3.46. The first-order chi connectivity index (χ1) is 16.1. The Morgan fingerprint density at radius 1 is 1.29 bits per heavy atom. The fraction of sp³-hybridized carbons (Fsp3) is 0.560. The normalized spacial score (nSPS) is 22.1. The maximum atomic E-state index is 12.8. The lowest BCUT2D eigenvalue weighted by Gasteiger charge is -2.16. The first-order valence-corrected chi connectivity index (χ1v) is 11.4. The average molecular weight is 487 g/mol. The molecule has 1 aromatic carbocycles. The highest BCUT2D eigenvalue weighted by molar-refractivity contribution is 5.69. The molecule has 0 aromatic heterocycles. The Bertz CT molecular complexity index is 821. The summed E-state index contributed by atoms with van der Waals surface area (Å²) in [5.74, 6) is -0.408. The highest BCUT2D eigenvalue weighted by Gasteiger charge is 2.33. The van der Waals surface area contributed by atoms with Gasteiger partial charge < -0.3 is 24.4 Å². The van der Waals surface area contributed by atoms with Crippen LogP contribution in [0.15, 0.2) is 48.6 Å². The standard InChI is InChI=1S/C25H33F3O6/c1-17(2)34-24(31)11-6-4-3-5-10-21-22(30)16-33-23(21)13-12-19(29)15-32-20-9-7-8-18(14-20)25(26,27)28/h3,5,7-9,12-14,17,19,21-23,29-30H,4,6,10-11,15-16H2,1-2H3/b5-3-,13-12+/t19-,21-,22-,23+/m0/s1. The molecule has 0 bridgehead atoms. The highest BCUT2D eigenvalue weighted by Crippen LogP contribution is 2.31. The zero-order valence-electron chi connectivity index (χ0n) is 19.4. The summed E-state index contributed by atoms with van der Waals surface area (Å²) in [5.41, 5.74) is -0.824. The lowest BCUT2D eigenvalue weighted by molar-refractivity contribution is -0.147. The van der Waals surface area contributed by atoms with Gasteiger partial charge in [0.25, 0.3) is 0 Å². The van der Waals surface area contributed by atoms with E-state index in [1.54, 1.807) is 19.9 Å². The van der Waals surface area contributed by atoms with Gasteiger partial charge in [0.05, 0.1) is 30.5 Å². The molecule has 4 atom stereocenters. The summed E-state index contributed by atoms with van der Waals surface area (Å²) in [7, 11) is 0. The predicted octanol–water partition coefficient (Wildman–Crippen LogP) is 4.45. The molecule has 2 N–H and O–H groups in total. The smallest absolute Gasteiger partial charge is 0.416 e. The van der Waals surface area contributed by atoms with Gasteiger partial charge in [0, 0.05) is 12.3 Å². The van der Waals surface area contributed by atoms with Crippen LogP contribution in [0, 0.1) is 5.92 Å². The second kappa shape index (κ2) is 13.5. The Morgan fingerprint density at radius 2 is 2.06 bits per heavy atom. The largest absolute Gasteiger partial charge is 0.491 e. The zero-order valence-corrected chi connectivity index (χ0v) is 19.4. The van der Waals surface area contributed by atoms with E-state index in [-0.39, 0.29) is 37.0 Å². The molecule has 2 rings (SSSR count). The fourth-order valence-corrected chi connectivity index (χ4v) is 3.46. The molecular weight excluding hydrogens is 453 g/mol. The number of benzene rings is 1. The van der Waals surface area contributed by atoms with Crippen molar-refractivity contribution in [3.8, 4) is 5.75 Å². The Hall–Kier alpha value is -2.36. The van der Waals surface area contributed by atoms with Gasteiger partial charge in [-0.3, -0.25) is 4.79 Å². The zero-order chi connectivity index (χ0) is 25.1. The van der Waals surface area contributed by atoms with Gasteiger partial charge in [0.15, 0.2) is 0 Å². The van der Waals surface area contributed by atoms with Crippen molar-refractivity contribution in [2.75, 3.05) is 13.2 Å². The maximum Gasteiger partial charge on any atom is 0.416 e. The van der Waals surface area contributed by atoms with Crippen LogP contribution in [-0.4, -0.2) is 53.8 Å². The van der Waals surface area contributed by atoms with E-state index in [2.05, 4.69) is 0 Å². The molecule has 190 valence electrons. The molecule has 1 heterocycles. The summed E-state index contributed by atoms with van der Waals surface area (Å²) in [6, 6.07) is 4.45. The molecule has 34 heavy (non-hydrogen) atoms. The monoisotopic (exact) mass is 486 g/mol. The molecule has 0 amide bonds. The van der Waals surface area contributed by atoms with Crippen molar-refractivity contribution in [2.45, 2.75) is 70.1 Å². The van der Waals surface area contributed by atoms with E-state index in [1.165, 1.54) is 18.2 Å². The minimum absolute atomic E-state index is 0.00953. The molecule has 1 aliphatic rings. The molecule has 0 saturated carbocycles. The molecule has 1 saturated heterocycles. The second-order valence-corrected chi connectivity index (χ2v) is 8.46. The molecule has 6 nitrogen and oxygen atoms in total. The van der Waals surface area contributed by atoms with Gasteiger partial charge in [0.1, 0.15) is 18.5 Å². The number of hydrogen-bond donors (Lipinski definition) is 2. The number of esters is 1. The van der Waals surface area contributed by atoms with Gasteiger partial charge in [0.2, 0.25) is 0 Å². The van der Waals surface area contributed by atoms with Gasteiger partial charge >= 0.3 is 12.1 Å². The van der Waals surface area contributed by atoms with Crippen LogP contribution in [0.1, 0.15) is 45.1 Å². The number of aliphatic hydroxyl groups excluding tert-OH is 2. The first kappa shape index (κ1) is 27.9. The van der Waals surface area contributed by atoms with Gasteiger partial charge in [-0.1, -0.05) is 30.4 Å². The second-order valence-electron chi connectivity index (χ2n) is 8.46. The lowest BCUT2D eigenvalue weighted by atomic mass is 9.94. The van der Waals surface area contributed by atoms with E-state index in [9.17, 15) is 28.2 Å². The number of carbonyl (C=O) groups excluding carboxylic acids is 1. The Labute approximate surface area is 198 Å². The Morgan fingerprint density at radius 3 is 2.76 bits per heavy atom. The Balaban J connectivity index is 1.77. The van der Waals surface area contributed by atoms with Crippen LogP contribution < -0.4 is 4.74 Å². The molecular formula is C25H33F3O6. The van der Waals surface area contributed by atoms with E-state index >= 15 is 0 Å². The molecule has 1 fully saturated rings. The first-order valence-electron chi connectivity index (χ1n) is 11.4. The summed E-state index contributed by atoms with van der Waals surface area (Å²) in [4.78, 5) is 11.5. The van der Waals surface area contributed by atoms with E-state index in [0.717, 1.165) is 12.1 Å². The van der Waals surface area contributed by atoms with Gasteiger partial charge in [-0.05, 0) is 51.3 Å². The number of hydrogen-bond acceptors (Lipinski definition) is 6. The van der Waals surface area contributed by atoms with Gasteiger partial charge in [-0.15, -0.1) is 0 Å². The summed E-state index contributed by atoms with van der Waals surface area (Å²) < 4.78 is 54.3. The molecule has 0 aliphatic carbocycles. The highest BCUT2D eigenvalue weighted by atomic mass is 19.4. The number of aliphatic hydroxyl groups is 2. The summed E-state index contributed by atoms with van der Waals surface area (Å²) in [6.07, 6.45) is 2.55. The number of allylic oxidation sites excluding steroid dienone is 2. The molecule has 1 aromatic rings. The van der Waals surface area contributed by atoms with Crippen molar-refractivity contribution >= 4 is 5.97 Å². The maximum absolute atomic E-state index is 12.8. The van der Waals surface area contributed by atoms with E-state index < -0.39 is 30.1 Å². The molecule has 0 radical (unpaired) electrons. The number of ether oxygens (including phenoxy) is 3. The minimum atomic E-state index is -4.47. The Kier molecular flexibility index (Phi) is 11.1. The third-order valence-corrected chi connectivity index (χ3v) is 5.17. The topological polar surface area (TPSA) is 85.2 Å². The summed E-state index contributed by atoms with van der Waals surface area (Å²) in [6.45, 7) is 3.56. The predicted molar refractivity (Wildman–Crippen MR) is 120 cm³/mol. The van der Waals surface area contributed by atoms with Crippen molar-refractivity contribution < 1.29 is 42.4 Å². The van der Waals surface area contributed by atoms with Crippen LogP contribution in [0.25, 0.3) is 0 Å². The third kappa shape index (κ3) is 9.87. The van der Waals surface area contributed by atoms with Crippen LogP contribution in [0.4, 0.5) is 13.2 Å².